The molecular weight excluding hydrogens is 108 g/mol. The van der Waals surface area contributed by atoms with Crippen molar-refractivity contribution in [1.82, 2.24) is 0 Å². The quantitative estimate of drug-likeness (QED) is 0.499. The molecular formula is C9H19-. The van der Waals surface area contributed by atoms with Gasteiger partial charge in [-0.25, -0.2) is 0 Å². The van der Waals surface area contributed by atoms with Crippen LogP contribution in [0.25, 0.3) is 0 Å². The van der Waals surface area contributed by atoms with Gasteiger partial charge >= 0.3 is 0 Å². The van der Waals surface area contributed by atoms with Crippen LogP contribution in [0, 0.1) is 17.3 Å². The first-order chi connectivity index (χ1) is 3.89. The largest absolute Gasteiger partial charge is 0.314 e. The van der Waals surface area contributed by atoms with Crippen LogP contribution in [0.1, 0.15) is 41.5 Å². The molecule has 0 radical (unpaired) electrons. The van der Waals surface area contributed by atoms with Crippen molar-refractivity contribution in [1.29, 1.82) is 0 Å². The molecule has 0 N–H and O–H groups in total. The third kappa shape index (κ3) is 2.00. The Kier molecular flexibility index (Phi) is 2.72. The van der Waals surface area contributed by atoms with Crippen molar-refractivity contribution in [2.75, 3.05) is 0 Å². The highest BCUT2D eigenvalue weighted by molar-refractivity contribution is 4.96. The Morgan fingerprint density at radius 3 is 1.44 bits per heavy atom. The van der Waals surface area contributed by atoms with Gasteiger partial charge in [-0.1, -0.05) is 33.6 Å². The SMILES string of the molecule is C[C-](C)C(C)(C)C(C)C. The Bertz CT molecular complexity index is 68.0. The van der Waals surface area contributed by atoms with Gasteiger partial charge in [0.25, 0.3) is 0 Å². The third-order valence-corrected chi connectivity index (χ3v) is 2.73. The van der Waals surface area contributed by atoms with Crippen molar-refractivity contribution < 1.29 is 0 Å². The summed E-state index contributed by atoms with van der Waals surface area (Å²) >= 11 is 0. The molecule has 0 spiro atoms. The molecule has 56 valence electrons. The fourth-order valence-electron chi connectivity index (χ4n) is 0.577. The molecule has 0 atom stereocenters. The Hall–Kier alpha value is 0. The molecule has 0 nitrogen and oxygen atoms in total. The standard InChI is InChI=1S/C9H19/c1-7(2)9(5,6)8(3)4/h7H,1-6H3/q-1. The summed E-state index contributed by atoms with van der Waals surface area (Å²) in [5.41, 5.74) is 0.417. The summed E-state index contributed by atoms with van der Waals surface area (Å²) in [5, 5.41) is 0. The van der Waals surface area contributed by atoms with Gasteiger partial charge in [0.2, 0.25) is 0 Å². The molecule has 0 saturated carbocycles. The van der Waals surface area contributed by atoms with Crippen LogP contribution < -0.4 is 0 Å². The van der Waals surface area contributed by atoms with Gasteiger partial charge in [0, 0.05) is 0 Å². The summed E-state index contributed by atoms with van der Waals surface area (Å²) in [6, 6.07) is 0. The maximum absolute atomic E-state index is 2.30. The van der Waals surface area contributed by atoms with E-state index in [4.69, 9.17) is 0 Å². The highest BCUT2D eigenvalue weighted by Crippen LogP contribution is 2.35. The van der Waals surface area contributed by atoms with Gasteiger partial charge in [0.1, 0.15) is 0 Å². The Labute approximate surface area is 59.7 Å². The Morgan fingerprint density at radius 2 is 1.44 bits per heavy atom. The summed E-state index contributed by atoms with van der Waals surface area (Å²) in [6.45, 7) is 13.6. The minimum Gasteiger partial charge on any atom is -0.314 e. The van der Waals surface area contributed by atoms with Crippen molar-refractivity contribution in [2.45, 2.75) is 41.5 Å². The Balaban J connectivity index is 4.01. The highest BCUT2D eigenvalue weighted by Gasteiger charge is 2.14. The van der Waals surface area contributed by atoms with Gasteiger partial charge in [-0.3, -0.25) is 0 Å². The highest BCUT2D eigenvalue weighted by atomic mass is 14.3. The molecule has 0 heteroatoms. The maximum atomic E-state index is 2.30. The van der Waals surface area contributed by atoms with Crippen LogP contribution in [0.3, 0.4) is 0 Å². The van der Waals surface area contributed by atoms with Crippen molar-refractivity contribution >= 4 is 0 Å². The zero-order chi connectivity index (χ0) is 7.65. The molecule has 0 amide bonds. The predicted molar refractivity (Wildman–Crippen MR) is 43.2 cm³/mol. The number of hydrogen-bond acceptors (Lipinski definition) is 0. The first-order valence-electron chi connectivity index (χ1n) is 3.69. The minimum absolute atomic E-state index is 0.417. The van der Waals surface area contributed by atoms with E-state index in [1.54, 1.807) is 0 Å². The lowest BCUT2D eigenvalue weighted by Crippen LogP contribution is -2.23. The summed E-state index contributed by atoms with van der Waals surface area (Å²) in [6.07, 6.45) is 0. The second-order valence-electron chi connectivity index (χ2n) is 3.88. The predicted octanol–water partition coefficient (Wildman–Crippen LogP) is 3.28. The molecule has 0 aliphatic heterocycles. The third-order valence-electron chi connectivity index (χ3n) is 2.73. The normalized spacial score (nSPS) is 13.3. The van der Waals surface area contributed by atoms with Crippen LogP contribution in [0.15, 0.2) is 0 Å². The van der Waals surface area contributed by atoms with Gasteiger partial charge in [0.15, 0.2) is 0 Å². The summed E-state index contributed by atoms with van der Waals surface area (Å²) < 4.78 is 0. The fourth-order valence-corrected chi connectivity index (χ4v) is 0.577. The van der Waals surface area contributed by atoms with Crippen molar-refractivity contribution in [3.8, 4) is 0 Å². The molecule has 0 heterocycles. The topological polar surface area (TPSA) is 0 Å². The maximum Gasteiger partial charge on any atom is -0.0647 e. The fraction of sp³-hybridized carbons (Fsp3) is 0.889. The minimum atomic E-state index is 0.417. The van der Waals surface area contributed by atoms with Crippen LogP contribution in [-0.4, -0.2) is 0 Å². The molecule has 0 aromatic carbocycles. The van der Waals surface area contributed by atoms with E-state index in [0.29, 0.717) is 5.41 Å². The van der Waals surface area contributed by atoms with Crippen molar-refractivity contribution in [2.24, 2.45) is 11.3 Å². The van der Waals surface area contributed by atoms with E-state index in [1.165, 1.54) is 5.92 Å². The van der Waals surface area contributed by atoms with E-state index in [-0.39, 0.29) is 0 Å². The lowest BCUT2D eigenvalue weighted by atomic mass is 9.72. The van der Waals surface area contributed by atoms with Crippen LogP contribution in [0.5, 0.6) is 0 Å². The van der Waals surface area contributed by atoms with E-state index >= 15 is 0 Å². The average Bonchev–Trinajstić information content (AvgIpc) is 1.65. The number of rotatable bonds is 2. The molecule has 0 rings (SSSR count). The van der Waals surface area contributed by atoms with Crippen LogP contribution in [0.4, 0.5) is 0 Å². The molecule has 0 saturated heterocycles. The van der Waals surface area contributed by atoms with Gasteiger partial charge < -0.3 is 5.92 Å². The van der Waals surface area contributed by atoms with Gasteiger partial charge in [0.05, 0.1) is 0 Å². The first-order valence-corrected chi connectivity index (χ1v) is 3.69. The summed E-state index contributed by atoms with van der Waals surface area (Å²) in [4.78, 5) is 0. The molecule has 0 fully saturated rings. The molecule has 0 unspecified atom stereocenters. The molecule has 0 aliphatic rings. The van der Waals surface area contributed by atoms with E-state index in [2.05, 4.69) is 41.5 Å². The zero-order valence-corrected chi connectivity index (χ0v) is 7.58. The molecule has 0 aromatic heterocycles. The van der Waals surface area contributed by atoms with Crippen molar-refractivity contribution in [3.05, 3.63) is 5.92 Å². The van der Waals surface area contributed by atoms with Crippen LogP contribution >= 0.6 is 0 Å². The molecule has 0 bridgehead atoms. The van der Waals surface area contributed by atoms with E-state index < -0.39 is 0 Å². The van der Waals surface area contributed by atoms with Gasteiger partial charge in [-0.2, -0.15) is 19.3 Å². The first kappa shape index (κ1) is 9.00. The smallest absolute Gasteiger partial charge is 0.0647 e. The molecule has 0 aromatic rings. The molecule has 9 heavy (non-hydrogen) atoms. The second-order valence-corrected chi connectivity index (χ2v) is 3.88. The molecule has 0 aliphatic carbocycles. The summed E-state index contributed by atoms with van der Waals surface area (Å²) in [5.74, 6) is 2.28. The van der Waals surface area contributed by atoms with E-state index in [9.17, 15) is 0 Å². The number of hydrogen-bond donors (Lipinski definition) is 0. The second kappa shape index (κ2) is 2.72. The Morgan fingerprint density at radius 1 is 1.11 bits per heavy atom. The van der Waals surface area contributed by atoms with Gasteiger partial charge in [-0.05, 0) is 0 Å². The van der Waals surface area contributed by atoms with Crippen LogP contribution in [-0.2, 0) is 0 Å². The summed E-state index contributed by atoms with van der Waals surface area (Å²) in [7, 11) is 0. The monoisotopic (exact) mass is 127 g/mol. The zero-order valence-electron chi connectivity index (χ0n) is 7.58. The van der Waals surface area contributed by atoms with E-state index in [0.717, 1.165) is 5.92 Å². The lowest BCUT2D eigenvalue weighted by Gasteiger charge is -2.45. The van der Waals surface area contributed by atoms with Gasteiger partial charge in [-0.15, -0.1) is 0 Å². The lowest BCUT2D eigenvalue weighted by molar-refractivity contribution is 0.270. The van der Waals surface area contributed by atoms with Crippen molar-refractivity contribution in [3.63, 3.8) is 0 Å². The van der Waals surface area contributed by atoms with E-state index in [1.807, 2.05) is 0 Å². The van der Waals surface area contributed by atoms with Crippen LogP contribution in [0.2, 0.25) is 0 Å². The average molecular weight is 127 g/mol.